The number of hydrogen-bond donors (Lipinski definition) is 2. The van der Waals surface area contributed by atoms with Gasteiger partial charge in [0.05, 0.1) is 22.0 Å². The highest BCUT2D eigenvalue weighted by Gasteiger charge is 2.10. The zero-order valence-corrected chi connectivity index (χ0v) is 16.9. The molecule has 0 saturated carbocycles. The smallest absolute Gasteiger partial charge is 0.206 e. The lowest BCUT2D eigenvalue weighted by atomic mass is 10.2. The summed E-state index contributed by atoms with van der Waals surface area (Å²) in [6, 6.07) is 9.79. The van der Waals surface area contributed by atoms with Crippen LogP contribution in [0.3, 0.4) is 0 Å². The Bertz CT molecular complexity index is 1070. The molecule has 8 heteroatoms. The topological polar surface area (TPSA) is 70.1 Å². The van der Waals surface area contributed by atoms with Crippen molar-refractivity contribution >= 4 is 40.8 Å². The number of halogens is 2. The van der Waals surface area contributed by atoms with Crippen LogP contribution in [-0.4, -0.2) is 27.1 Å². The van der Waals surface area contributed by atoms with Gasteiger partial charge in [-0.05, 0) is 38.1 Å². The van der Waals surface area contributed by atoms with Gasteiger partial charge in [0.2, 0.25) is 4.80 Å². The monoisotopic (exact) mass is 421 g/mol. The number of rotatable bonds is 4. The van der Waals surface area contributed by atoms with Gasteiger partial charge in [-0.1, -0.05) is 29.3 Å². The fraction of sp³-hybridized carbons (Fsp3) is 0.158. The van der Waals surface area contributed by atoms with Crippen molar-refractivity contribution in [1.29, 1.82) is 0 Å². The minimum absolute atomic E-state index is 0.0140. The molecule has 0 bridgehead atoms. The molecule has 0 aliphatic rings. The molecule has 5 nitrogen and oxygen atoms in total. The molecule has 3 aromatic rings. The molecule has 0 amide bonds. The number of nitrogens with zero attached hydrogens (tertiary/aromatic N) is 3. The first-order valence-electron chi connectivity index (χ1n) is 8.11. The maximum Gasteiger partial charge on any atom is 0.206 e. The first-order chi connectivity index (χ1) is 12.8. The van der Waals surface area contributed by atoms with Crippen molar-refractivity contribution in [3.05, 3.63) is 62.2 Å². The van der Waals surface area contributed by atoms with Gasteiger partial charge in [-0.25, -0.2) is 4.68 Å². The summed E-state index contributed by atoms with van der Waals surface area (Å²) in [4.78, 5) is 5.31. The van der Waals surface area contributed by atoms with Crippen LogP contribution in [-0.2, 0) is 0 Å². The molecular formula is C19H17Cl2N3O2S. The summed E-state index contributed by atoms with van der Waals surface area (Å²) >= 11 is 13.6. The molecule has 0 radical (unpaired) electrons. The van der Waals surface area contributed by atoms with Crippen LogP contribution in [0, 0.1) is 0 Å². The third kappa shape index (κ3) is 4.53. The molecule has 140 valence electrons. The van der Waals surface area contributed by atoms with E-state index < -0.39 is 0 Å². The van der Waals surface area contributed by atoms with Crippen molar-refractivity contribution in [2.24, 2.45) is 10.1 Å². The summed E-state index contributed by atoms with van der Waals surface area (Å²) in [6.07, 6.45) is 1.52. The third-order valence-corrected chi connectivity index (χ3v) is 5.16. The molecule has 1 aromatic heterocycles. The number of phenols is 2. The Labute approximate surface area is 170 Å². The minimum Gasteiger partial charge on any atom is -0.508 e. The zero-order chi connectivity index (χ0) is 19.6. The molecule has 1 heterocycles. The number of benzene rings is 2. The van der Waals surface area contributed by atoms with Gasteiger partial charge >= 0.3 is 0 Å². The van der Waals surface area contributed by atoms with E-state index in [0.29, 0.717) is 20.4 Å². The van der Waals surface area contributed by atoms with E-state index in [9.17, 15) is 10.2 Å². The Hall–Kier alpha value is -2.28. The van der Waals surface area contributed by atoms with Crippen molar-refractivity contribution in [1.82, 2.24) is 4.68 Å². The first kappa shape index (κ1) is 19.5. The number of aromatic nitrogens is 1. The van der Waals surface area contributed by atoms with Gasteiger partial charge < -0.3 is 10.2 Å². The number of phenolic OH excluding ortho intramolecular Hbond substituents is 2. The fourth-order valence-corrected chi connectivity index (χ4v) is 3.60. The Morgan fingerprint density at radius 1 is 1.07 bits per heavy atom. The molecule has 3 rings (SSSR count). The summed E-state index contributed by atoms with van der Waals surface area (Å²) < 4.78 is 1.69. The fourth-order valence-electron chi connectivity index (χ4n) is 2.34. The second kappa shape index (κ2) is 8.17. The van der Waals surface area contributed by atoms with E-state index >= 15 is 0 Å². The molecular weight excluding hydrogens is 405 g/mol. The summed E-state index contributed by atoms with van der Waals surface area (Å²) in [5.74, 6) is -0.0761. The second-order valence-corrected chi connectivity index (χ2v) is 7.71. The van der Waals surface area contributed by atoms with Crippen molar-refractivity contribution in [2.75, 3.05) is 0 Å². The second-order valence-electron chi connectivity index (χ2n) is 6.05. The third-order valence-electron chi connectivity index (χ3n) is 3.60. The standard InChI is InChI=1S/C19H17Cl2N3O2S/c1-11(2)23-19-24(22-9-13-3-5-14(25)8-18(13)26)17(10-27-19)12-4-6-15(20)16(21)7-12/h3-11,25-26H,1-2H3. The Kier molecular flexibility index (Phi) is 5.89. The van der Waals surface area contributed by atoms with Gasteiger partial charge in [0.25, 0.3) is 0 Å². The predicted octanol–water partition coefficient (Wildman–Crippen LogP) is 5.13. The maximum atomic E-state index is 9.97. The van der Waals surface area contributed by atoms with Gasteiger partial charge in [0.15, 0.2) is 0 Å². The van der Waals surface area contributed by atoms with Crippen molar-refractivity contribution < 1.29 is 10.2 Å². The van der Waals surface area contributed by atoms with Gasteiger partial charge in [-0.3, -0.25) is 4.99 Å². The zero-order valence-electron chi connectivity index (χ0n) is 14.6. The van der Waals surface area contributed by atoms with Crippen LogP contribution in [0.25, 0.3) is 11.3 Å². The van der Waals surface area contributed by atoms with Crippen LogP contribution in [0.1, 0.15) is 19.4 Å². The SMILES string of the molecule is CC(C)N=c1scc(-c2ccc(Cl)c(Cl)c2)n1N=Cc1ccc(O)cc1O. The molecule has 2 aromatic carbocycles. The van der Waals surface area contributed by atoms with E-state index in [1.54, 1.807) is 22.9 Å². The first-order valence-corrected chi connectivity index (χ1v) is 9.75. The molecule has 0 unspecified atom stereocenters. The molecule has 27 heavy (non-hydrogen) atoms. The van der Waals surface area contributed by atoms with Crippen LogP contribution in [0.5, 0.6) is 11.5 Å². The summed E-state index contributed by atoms with van der Waals surface area (Å²) in [5.41, 5.74) is 2.12. The van der Waals surface area contributed by atoms with E-state index in [1.807, 2.05) is 25.3 Å². The Morgan fingerprint density at radius 3 is 2.52 bits per heavy atom. The van der Waals surface area contributed by atoms with Crippen LogP contribution in [0.4, 0.5) is 0 Å². The predicted molar refractivity (Wildman–Crippen MR) is 111 cm³/mol. The van der Waals surface area contributed by atoms with Gasteiger partial charge in [-0.15, -0.1) is 11.3 Å². The highest BCUT2D eigenvalue weighted by atomic mass is 35.5. The molecule has 0 aliphatic heterocycles. The van der Waals surface area contributed by atoms with E-state index in [1.165, 1.54) is 29.7 Å². The molecule has 0 fully saturated rings. The summed E-state index contributed by atoms with van der Waals surface area (Å²) in [7, 11) is 0. The maximum absolute atomic E-state index is 9.97. The van der Waals surface area contributed by atoms with E-state index in [4.69, 9.17) is 23.2 Å². The van der Waals surface area contributed by atoms with Crippen molar-refractivity contribution in [3.8, 4) is 22.8 Å². The van der Waals surface area contributed by atoms with E-state index in [-0.39, 0.29) is 17.5 Å². The van der Waals surface area contributed by atoms with Crippen LogP contribution < -0.4 is 4.80 Å². The summed E-state index contributed by atoms with van der Waals surface area (Å²) in [5, 5.41) is 26.8. The van der Waals surface area contributed by atoms with E-state index in [0.717, 1.165) is 11.3 Å². The number of hydrogen-bond acceptors (Lipinski definition) is 5. The quantitative estimate of drug-likeness (QED) is 0.573. The lowest BCUT2D eigenvalue weighted by molar-refractivity contribution is 0.450. The molecule has 0 aliphatic carbocycles. The van der Waals surface area contributed by atoms with Crippen molar-refractivity contribution in [2.45, 2.75) is 19.9 Å². The number of thiazole rings is 1. The van der Waals surface area contributed by atoms with Gasteiger partial charge in [-0.2, -0.15) is 5.10 Å². The molecule has 0 atom stereocenters. The van der Waals surface area contributed by atoms with Gasteiger partial charge in [0.1, 0.15) is 11.5 Å². The highest BCUT2D eigenvalue weighted by molar-refractivity contribution is 7.07. The van der Waals surface area contributed by atoms with Crippen molar-refractivity contribution in [3.63, 3.8) is 0 Å². The highest BCUT2D eigenvalue weighted by Crippen LogP contribution is 2.29. The lowest BCUT2D eigenvalue weighted by Crippen LogP contribution is -2.14. The summed E-state index contributed by atoms with van der Waals surface area (Å²) in [6.45, 7) is 3.97. The molecule has 0 saturated heterocycles. The Balaban J connectivity index is 2.12. The lowest BCUT2D eigenvalue weighted by Gasteiger charge is -2.06. The normalized spacial score (nSPS) is 12.4. The van der Waals surface area contributed by atoms with Crippen LogP contribution >= 0.6 is 34.5 Å². The van der Waals surface area contributed by atoms with E-state index in [2.05, 4.69) is 10.1 Å². The van der Waals surface area contributed by atoms with Gasteiger partial charge in [0, 0.05) is 28.6 Å². The average Bonchev–Trinajstić information content (AvgIpc) is 2.98. The largest absolute Gasteiger partial charge is 0.508 e. The van der Waals surface area contributed by atoms with Crippen LogP contribution in [0.2, 0.25) is 10.0 Å². The molecule has 2 N–H and O–H groups in total. The Morgan fingerprint density at radius 2 is 1.85 bits per heavy atom. The average molecular weight is 422 g/mol. The van der Waals surface area contributed by atoms with Crippen LogP contribution in [0.15, 0.2) is 51.9 Å². The molecule has 0 spiro atoms. The number of aromatic hydroxyl groups is 2. The minimum atomic E-state index is -0.0620.